The van der Waals surface area contributed by atoms with E-state index in [9.17, 15) is 0 Å². The summed E-state index contributed by atoms with van der Waals surface area (Å²) >= 11 is 0. The average molecular weight is 308 g/mol. The van der Waals surface area contributed by atoms with Crippen LogP contribution in [0.25, 0.3) is 0 Å². The molecule has 1 fully saturated rings. The molecular formula is C21H28N2. The van der Waals surface area contributed by atoms with E-state index in [1.54, 1.807) is 11.1 Å². The summed E-state index contributed by atoms with van der Waals surface area (Å²) < 4.78 is 0. The predicted molar refractivity (Wildman–Crippen MR) is 96.6 cm³/mol. The predicted octanol–water partition coefficient (Wildman–Crippen LogP) is 3.34. The first-order valence-electron chi connectivity index (χ1n) is 9.26. The second-order valence-corrected chi connectivity index (χ2v) is 7.38. The Hall–Kier alpha value is -1.38. The largest absolute Gasteiger partial charge is 0.312 e. The summed E-state index contributed by atoms with van der Waals surface area (Å²) in [7, 11) is 0. The van der Waals surface area contributed by atoms with Crippen molar-refractivity contribution < 1.29 is 0 Å². The van der Waals surface area contributed by atoms with Crippen LogP contribution < -0.4 is 5.32 Å². The highest BCUT2D eigenvalue weighted by Crippen LogP contribution is 2.24. The number of fused-ring (bicyclic) bond motifs is 1. The molecule has 1 aliphatic heterocycles. The fourth-order valence-electron chi connectivity index (χ4n) is 4.44. The van der Waals surface area contributed by atoms with Gasteiger partial charge in [0.15, 0.2) is 0 Å². The molecule has 2 atom stereocenters. The van der Waals surface area contributed by atoms with Gasteiger partial charge in [-0.2, -0.15) is 0 Å². The van der Waals surface area contributed by atoms with Gasteiger partial charge in [0.1, 0.15) is 0 Å². The molecule has 1 heterocycles. The number of rotatable bonds is 5. The van der Waals surface area contributed by atoms with E-state index in [1.165, 1.54) is 45.2 Å². The Bertz CT molecular complexity index is 564. The smallest absolute Gasteiger partial charge is 0.0221 e. The lowest BCUT2D eigenvalue weighted by Crippen LogP contribution is -2.43. The first-order chi connectivity index (χ1) is 11.4. The quantitative estimate of drug-likeness (QED) is 0.897. The lowest BCUT2D eigenvalue weighted by molar-refractivity contribution is 0.220. The van der Waals surface area contributed by atoms with Crippen molar-refractivity contribution >= 4 is 0 Å². The monoisotopic (exact) mass is 308 g/mol. The summed E-state index contributed by atoms with van der Waals surface area (Å²) in [6.07, 6.45) is 15.4. The first kappa shape index (κ1) is 15.2. The molecular weight excluding hydrogens is 280 g/mol. The van der Waals surface area contributed by atoms with E-state index in [-0.39, 0.29) is 0 Å². The fourth-order valence-corrected chi connectivity index (χ4v) is 4.44. The van der Waals surface area contributed by atoms with Crippen molar-refractivity contribution in [3.8, 4) is 0 Å². The number of hydrogen-bond acceptors (Lipinski definition) is 2. The lowest BCUT2D eigenvalue weighted by atomic mass is 10.00. The highest BCUT2D eigenvalue weighted by atomic mass is 15.2. The summed E-state index contributed by atoms with van der Waals surface area (Å²) in [4.78, 5) is 2.73. The molecule has 0 radical (unpaired) electrons. The first-order valence-corrected chi connectivity index (χ1v) is 9.26. The number of benzene rings is 1. The number of likely N-dealkylation sites (tertiary alicyclic amines) is 1. The molecule has 23 heavy (non-hydrogen) atoms. The Balaban J connectivity index is 1.27. The van der Waals surface area contributed by atoms with Crippen molar-refractivity contribution in [2.45, 2.75) is 44.2 Å². The van der Waals surface area contributed by atoms with E-state index < -0.39 is 0 Å². The van der Waals surface area contributed by atoms with Crippen LogP contribution in [0, 0.1) is 5.92 Å². The van der Waals surface area contributed by atoms with E-state index in [2.05, 4.69) is 58.8 Å². The van der Waals surface area contributed by atoms with Crippen LogP contribution >= 0.6 is 0 Å². The SMILES string of the molecule is C1=CCC(CN2CCCC2CNC2Cc3ccccc3C2)C=C1. The molecule has 2 aliphatic carbocycles. The minimum Gasteiger partial charge on any atom is -0.312 e. The van der Waals surface area contributed by atoms with Gasteiger partial charge in [-0.25, -0.2) is 0 Å². The maximum Gasteiger partial charge on any atom is 0.0221 e. The van der Waals surface area contributed by atoms with Gasteiger partial charge in [-0.05, 0) is 55.7 Å². The molecule has 2 heteroatoms. The molecule has 0 bridgehead atoms. The van der Waals surface area contributed by atoms with Crippen LogP contribution in [0.4, 0.5) is 0 Å². The van der Waals surface area contributed by atoms with E-state index >= 15 is 0 Å². The molecule has 0 spiro atoms. The van der Waals surface area contributed by atoms with Crippen molar-refractivity contribution in [2.24, 2.45) is 5.92 Å². The highest BCUT2D eigenvalue weighted by Gasteiger charge is 2.28. The Morgan fingerprint density at radius 2 is 1.91 bits per heavy atom. The standard InChI is InChI=1S/C21H28N2/c1-2-7-17(8-3-1)16-23-12-6-11-21(23)15-22-20-13-18-9-4-5-10-19(18)14-20/h1-5,7,9-10,17,20-22H,6,8,11-16H2. The molecule has 1 saturated heterocycles. The van der Waals surface area contributed by atoms with Gasteiger partial charge < -0.3 is 5.32 Å². The number of nitrogens with one attached hydrogen (secondary N) is 1. The summed E-state index contributed by atoms with van der Waals surface area (Å²) in [6, 6.07) is 10.3. The maximum absolute atomic E-state index is 3.86. The second-order valence-electron chi connectivity index (χ2n) is 7.38. The van der Waals surface area contributed by atoms with Gasteiger partial charge in [-0.15, -0.1) is 0 Å². The van der Waals surface area contributed by atoms with Crippen LogP contribution in [-0.4, -0.2) is 36.6 Å². The van der Waals surface area contributed by atoms with Crippen molar-refractivity contribution in [3.05, 3.63) is 59.7 Å². The molecule has 0 amide bonds. The van der Waals surface area contributed by atoms with Gasteiger partial charge in [0.05, 0.1) is 0 Å². The summed E-state index contributed by atoms with van der Waals surface area (Å²) in [5, 5.41) is 3.86. The fraction of sp³-hybridized carbons (Fsp3) is 0.524. The van der Waals surface area contributed by atoms with Gasteiger partial charge in [-0.1, -0.05) is 48.6 Å². The molecule has 0 aromatic heterocycles. The van der Waals surface area contributed by atoms with Gasteiger partial charge in [-0.3, -0.25) is 4.90 Å². The van der Waals surface area contributed by atoms with Crippen LogP contribution in [0.1, 0.15) is 30.4 Å². The van der Waals surface area contributed by atoms with Crippen LogP contribution in [0.3, 0.4) is 0 Å². The Morgan fingerprint density at radius 3 is 2.65 bits per heavy atom. The minimum atomic E-state index is 0.646. The van der Waals surface area contributed by atoms with E-state index in [1.807, 2.05) is 0 Å². The third-order valence-electron chi connectivity index (χ3n) is 5.73. The van der Waals surface area contributed by atoms with Gasteiger partial charge in [0.25, 0.3) is 0 Å². The van der Waals surface area contributed by atoms with Crippen LogP contribution in [0.15, 0.2) is 48.6 Å². The van der Waals surface area contributed by atoms with E-state index in [4.69, 9.17) is 0 Å². The van der Waals surface area contributed by atoms with Gasteiger partial charge >= 0.3 is 0 Å². The molecule has 1 aromatic rings. The van der Waals surface area contributed by atoms with E-state index in [0.717, 1.165) is 18.5 Å². The third kappa shape index (κ3) is 3.59. The molecule has 4 rings (SSSR count). The second kappa shape index (κ2) is 7.02. The molecule has 1 N–H and O–H groups in total. The lowest BCUT2D eigenvalue weighted by Gasteiger charge is -2.29. The molecule has 2 unspecified atom stereocenters. The molecule has 1 aromatic carbocycles. The normalized spacial score (nSPS) is 27.7. The zero-order valence-corrected chi connectivity index (χ0v) is 14.0. The molecule has 2 nitrogen and oxygen atoms in total. The molecule has 3 aliphatic rings. The minimum absolute atomic E-state index is 0.646. The Labute approximate surface area is 140 Å². The number of allylic oxidation sites excluding steroid dienone is 3. The van der Waals surface area contributed by atoms with Crippen LogP contribution in [0.5, 0.6) is 0 Å². The van der Waals surface area contributed by atoms with Crippen molar-refractivity contribution in [1.29, 1.82) is 0 Å². The Kier molecular flexibility index (Phi) is 4.63. The maximum atomic E-state index is 3.86. The number of hydrogen-bond donors (Lipinski definition) is 1. The van der Waals surface area contributed by atoms with Crippen LogP contribution in [0.2, 0.25) is 0 Å². The average Bonchev–Trinajstić information content (AvgIpc) is 3.20. The van der Waals surface area contributed by atoms with Crippen molar-refractivity contribution in [3.63, 3.8) is 0 Å². The van der Waals surface area contributed by atoms with Crippen molar-refractivity contribution in [2.75, 3.05) is 19.6 Å². The topological polar surface area (TPSA) is 15.3 Å². The van der Waals surface area contributed by atoms with Crippen molar-refractivity contribution in [1.82, 2.24) is 10.2 Å². The van der Waals surface area contributed by atoms with Crippen LogP contribution in [-0.2, 0) is 12.8 Å². The third-order valence-corrected chi connectivity index (χ3v) is 5.73. The van der Waals surface area contributed by atoms with E-state index in [0.29, 0.717) is 6.04 Å². The summed E-state index contributed by atoms with van der Waals surface area (Å²) in [6.45, 7) is 3.67. The molecule has 122 valence electrons. The molecule has 0 saturated carbocycles. The van der Waals surface area contributed by atoms with Gasteiger partial charge in [0.2, 0.25) is 0 Å². The number of nitrogens with zero attached hydrogens (tertiary/aromatic N) is 1. The zero-order chi connectivity index (χ0) is 15.5. The highest BCUT2D eigenvalue weighted by molar-refractivity contribution is 5.33. The Morgan fingerprint density at radius 1 is 1.09 bits per heavy atom. The zero-order valence-electron chi connectivity index (χ0n) is 14.0. The summed E-state index contributed by atoms with van der Waals surface area (Å²) in [5.41, 5.74) is 3.10. The summed E-state index contributed by atoms with van der Waals surface area (Å²) in [5.74, 6) is 0.719. The van der Waals surface area contributed by atoms with Gasteiger partial charge in [0, 0.05) is 25.2 Å².